The fourth-order valence-electron chi connectivity index (χ4n) is 2.01. The van der Waals surface area contributed by atoms with Crippen molar-refractivity contribution in [2.75, 3.05) is 5.75 Å². The minimum absolute atomic E-state index is 0.289. The van der Waals surface area contributed by atoms with E-state index >= 15 is 0 Å². The van der Waals surface area contributed by atoms with Gasteiger partial charge in [0.25, 0.3) is 0 Å². The topological polar surface area (TPSA) is 56.5 Å². The average molecular weight is 282 g/mol. The second kappa shape index (κ2) is 4.85. The number of fused-ring (bicyclic) bond motifs is 1. The first kappa shape index (κ1) is 11.9. The van der Waals surface area contributed by atoms with Crippen molar-refractivity contribution in [2.45, 2.75) is 31.2 Å². The molecular formula is C11H12ClN5S. The van der Waals surface area contributed by atoms with Crippen LogP contribution in [0.4, 0.5) is 0 Å². The largest absolute Gasteiger partial charge is 0.244 e. The summed E-state index contributed by atoms with van der Waals surface area (Å²) < 4.78 is 1.87. The van der Waals surface area contributed by atoms with Crippen LogP contribution in [0.2, 0.25) is 5.28 Å². The van der Waals surface area contributed by atoms with E-state index in [2.05, 4.69) is 27.0 Å². The van der Waals surface area contributed by atoms with Gasteiger partial charge in [0.15, 0.2) is 5.82 Å². The van der Waals surface area contributed by atoms with E-state index < -0.39 is 0 Å². The molecule has 2 aromatic heterocycles. The molecule has 5 nitrogen and oxygen atoms in total. The standard InChI is InChI=1S/C11H12ClN5S/c1-2-4-17-10(13-6-14-17)8-9-7(3-5-18-9)15-11(12)16-8/h6H,2-5H2,1H3. The number of aryl methyl sites for hydroxylation is 2. The predicted molar refractivity (Wildman–Crippen MR) is 70.8 cm³/mol. The van der Waals surface area contributed by atoms with Crippen molar-refractivity contribution < 1.29 is 0 Å². The van der Waals surface area contributed by atoms with E-state index in [-0.39, 0.29) is 5.28 Å². The molecule has 0 atom stereocenters. The van der Waals surface area contributed by atoms with Gasteiger partial charge in [-0.3, -0.25) is 0 Å². The lowest BCUT2D eigenvalue weighted by molar-refractivity contribution is 0.605. The number of aromatic nitrogens is 5. The van der Waals surface area contributed by atoms with Gasteiger partial charge in [0.2, 0.25) is 5.28 Å². The van der Waals surface area contributed by atoms with Crippen molar-refractivity contribution in [3.63, 3.8) is 0 Å². The summed E-state index contributed by atoms with van der Waals surface area (Å²) in [6.45, 7) is 2.94. The van der Waals surface area contributed by atoms with E-state index in [1.165, 1.54) is 0 Å². The molecule has 0 saturated carbocycles. The molecule has 0 aliphatic carbocycles. The third kappa shape index (κ3) is 1.99. The molecule has 0 aromatic carbocycles. The Morgan fingerprint density at radius 3 is 3.17 bits per heavy atom. The van der Waals surface area contributed by atoms with Crippen LogP contribution in [-0.4, -0.2) is 30.5 Å². The highest BCUT2D eigenvalue weighted by atomic mass is 35.5. The quantitative estimate of drug-likeness (QED) is 0.809. The van der Waals surface area contributed by atoms with Crippen LogP contribution in [0.25, 0.3) is 11.5 Å². The van der Waals surface area contributed by atoms with Crippen molar-refractivity contribution in [1.82, 2.24) is 24.7 Å². The Kier molecular flexibility index (Phi) is 3.22. The second-order valence-corrected chi connectivity index (χ2v) is 5.47. The number of nitrogens with zero attached hydrogens (tertiary/aromatic N) is 5. The van der Waals surface area contributed by atoms with E-state index in [4.69, 9.17) is 11.6 Å². The first-order valence-electron chi connectivity index (χ1n) is 5.87. The Hall–Kier alpha value is -1.14. The Balaban J connectivity index is 2.14. The fourth-order valence-corrected chi connectivity index (χ4v) is 3.29. The number of halogens is 1. The third-order valence-corrected chi connectivity index (χ3v) is 4.05. The Labute approximate surface area is 114 Å². The summed E-state index contributed by atoms with van der Waals surface area (Å²) in [5, 5.41) is 4.52. The molecule has 0 fully saturated rings. The van der Waals surface area contributed by atoms with Crippen LogP contribution in [0.5, 0.6) is 0 Å². The number of hydrogen-bond donors (Lipinski definition) is 0. The van der Waals surface area contributed by atoms with E-state index in [1.54, 1.807) is 18.1 Å². The first-order chi connectivity index (χ1) is 8.79. The maximum absolute atomic E-state index is 5.99. The fraction of sp³-hybridized carbons (Fsp3) is 0.455. The van der Waals surface area contributed by atoms with Gasteiger partial charge in [-0.1, -0.05) is 6.92 Å². The SMILES string of the molecule is CCCn1ncnc1-c1nc(Cl)nc2c1SCC2. The van der Waals surface area contributed by atoms with Crippen molar-refractivity contribution in [1.29, 1.82) is 0 Å². The minimum Gasteiger partial charge on any atom is -0.244 e. The number of hydrogen-bond acceptors (Lipinski definition) is 5. The summed E-state index contributed by atoms with van der Waals surface area (Å²) in [5.74, 6) is 1.81. The molecule has 94 valence electrons. The summed E-state index contributed by atoms with van der Waals surface area (Å²) in [6, 6.07) is 0. The average Bonchev–Trinajstić information content (AvgIpc) is 2.96. The van der Waals surface area contributed by atoms with Crippen LogP contribution < -0.4 is 0 Å². The molecular weight excluding hydrogens is 270 g/mol. The molecule has 7 heteroatoms. The van der Waals surface area contributed by atoms with Crippen LogP contribution >= 0.6 is 23.4 Å². The molecule has 3 rings (SSSR count). The first-order valence-corrected chi connectivity index (χ1v) is 7.23. The van der Waals surface area contributed by atoms with Crippen LogP contribution in [0.15, 0.2) is 11.2 Å². The molecule has 0 bridgehead atoms. The molecule has 1 aliphatic heterocycles. The van der Waals surface area contributed by atoms with Crippen molar-refractivity contribution in [3.8, 4) is 11.5 Å². The van der Waals surface area contributed by atoms with Gasteiger partial charge in [0.1, 0.15) is 12.0 Å². The molecule has 0 saturated heterocycles. The van der Waals surface area contributed by atoms with Gasteiger partial charge in [-0.25, -0.2) is 19.6 Å². The van der Waals surface area contributed by atoms with E-state index in [0.717, 1.165) is 47.2 Å². The van der Waals surface area contributed by atoms with E-state index in [1.807, 2.05) is 4.68 Å². The Bertz CT molecular complexity index is 583. The summed E-state index contributed by atoms with van der Waals surface area (Å²) in [4.78, 5) is 14.0. The van der Waals surface area contributed by atoms with E-state index in [9.17, 15) is 0 Å². The van der Waals surface area contributed by atoms with Gasteiger partial charge in [-0.2, -0.15) is 5.10 Å². The lowest BCUT2D eigenvalue weighted by Crippen LogP contribution is -2.05. The van der Waals surface area contributed by atoms with Crippen LogP contribution in [0, 0.1) is 0 Å². The highest BCUT2D eigenvalue weighted by molar-refractivity contribution is 7.99. The zero-order valence-electron chi connectivity index (χ0n) is 9.93. The monoisotopic (exact) mass is 281 g/mol. The van der Waals surface area contributed by atoms with Crippen molar-refractivity contribution >= 4 is 23.4 Å². The number of thioether (sulfide) groups is 1. The summed E-state index contributed by atoms with van der Waals surface area (Å²) in [6.07, 6.45) is 3.51. The van der Waals surface area contributed by atoms with Crippen molar-refractivity contribution in [2.24, 2.45) is 0 Å². The van der Waals surface area contributed by atoms with E-state index in [0.29, 0.717) is 0 Å². The van der Waals surface area contributed by atoms with Crippen LogP contribution in [0.3, 0.4) is 0 Å². The molecule has 0 N–H and O–H groups in total. The lowest BCUT2D eigenvalue weighted by Gasteiger charge is -2.07. The van der Waals surface area contributed by atoms with Gasteiger partial charge in [-0.05, 0) is 18.0 Å². The molecule has 0 spiro atoms. The number of rotatable bonds is 3. The second-order valence-electron chi connectivity index (χ2n) is 4.02. The van der Waals surface area contributed by atoms with Crippen molar-refractivity contribution in [3.05, 3.63) is 17.3 Å². The van der Waals surface area contributed by atoms with Gasteiger partial charge >= 0.3 is 0 Å². The lowest BCUT2D eigenvalue weighted by atomic mass is 10.2. The maximum Gasteiger partial charge on any atom is 0.223 e. The smallest absolute Gasteiger partial charge is 0.223 e. The van der Waals surface area contributed by atoms with Crippen LogP contribution in [0.1, 0.15) is 19.0 Å². The maximum atomic E-state index is 5.99. The highest BCUT2D eigenvalue weighted by Gasteiger charge is 2.23. The molecule has 0 radical (unpaired) electrons. The molecule has 0 amide bonds. The zero-order valence-corrected chi connectivity index (χ0v) is 11.5. The Morgan fingerprint density at radius 1 is 1.44 bits per heavy atom. The molecule has 2 aromatic rings. The molecule has 0 unspecified atom stereocenters. The molecule has 18 heavy (non-hydrogen) atoms. The summed E-state index contributed by atoms with van der Waals surface area (Å²) in [7, 11) is 0. The van der Waals surface area contributed by atoms with Gasteiger partial charge in [0, 0.05) is 18.7 Å². The Morgan fingerprint density at radius 2 is 2.33 bits per heavy atom. The van der Waals surface area contributed by atoms with Crippen LogP contribution in [-0.2, 0) is 13.0 Å². The zero-order chi connectivity index (χ0) is 12.5. The minimum atomic E-state index is 0.289. The highest BCUT2D eigenvalue weighted by Crippen LogP contribution is 2.37. The summed E-state index contributed by atoms with van der Waals surface area (Å²) in [5.41, 5.74) is 1.85. The summed E-state index contributed by atoms with van der Waals surface area (Å²) >= 11 is 7.75. The predicted octanol–water partition coefficient (Wildman–Crippen LogP) is 2.45. The van der Waals surface area contributed by atoms with Gasteiger partial charge in [0.05, 0.1) is 10.6 Å². The molecule has 3 heterocycles. The van der Waals surface area contributed by atoms with Gasteiger partial charge in [-0.15, -0.1) is 11.8 Å². The normalized spacial score (nSPS) is 13.9. The van der Waals surface area contributed by atoms with Gasteiger partial charge < -0.3 is 0 Å². The molecule has 1 aliphatic rings. The third-order valence-electron chi connectivity index (χ3n) is 2.76.